The maximum atomic E-state index is 13.0. The van der Waals surface area contributed by atoms with E-state index in [4.69, 9.17) is 0 Å². The number of nitrogens with zero attached hydrogens (tertiary/aromatic N) is 5. The Bertz CT molecular complexity index is 1410. The summed E-state index contributed by atoms with van der Waals surface area (Å²) >= 11 is 1.31. The lowest BCUT2D eigenvalue weighted by Crippen LogP contribution is -2.50. The zero-order chi connectivity index (χ0) is 26.3. The third-order valence-corrected chi connectivity index (χ3v) is 7.56. The number of carbonyl (C=O) groups excluding carboxylic acids is 1. The lowest BCUT2D eigenvalue weighted by atomic mass is 10.1. The van der Waals surface area contributed by atoms with Crippen LogP contribution in [0.1, 0.15) is 53.8 Å². The molecular weight excluding hydrogens is 503 g/mol. The van der Waals surface area contributed by atoms with Crippen molar-refractivity contribution < 1.29 is 18.0 Å². The highest BCUT2D eigenvalue weighted by atomic mass is 32.1. The number of aromatic nitrogens is 4. The fourth-order valence-corrected chi connectivity index (χ4v) is 5.02. The summed E-state index contributed by atoms with van der Waals surface area (Å²) < 4.78 is 40.4. The van der Waals surface area contributed by atoms with Gasteiger partial charge in [-0.05, 0) is 51.1 Å². The van der Waals surface area contributed by atoms with Crippen LogP contribution in [0.15, 0.2) is 49.1 Å². The molecule has 1 atom stereocenters. The molecule has 37 heavy (non-hydrogen) atoms. The molecule has 194 valence electrons. The van der Waals surface area contributed by atoms with Crippen molar-refractivity contribution in [3.8, 4) is 0 Å². The van der Waals surface area contributed by atoms with Gasteiger partial charge in [0.25, 0.3) is 5.91 Å². The second kappa shape index (κ2) is 9.75. The number of halogens is 3. The van der Waals surface area contributed by atoms with Gasteiger partial charge in [-0.1, -0.05) is 11.3 Å². The van der Waals surface area contributed by atoms with Gasteiger partial charge in [-0.3, -0.25) is 9.69 Å². The highest BCUT2D eigenvalue weighted by Gasteiger charge is 2.31. The molecule has 1 aliphatic rings. The van der Waals surface area contributed by atoms with Crippen LogP contribution in [0, 0.1) is 0 Å². The number of alkyl halides is 3. The van der Waals surface area contributed by atoms with E-state index in [-0.39, 0.29) is 11.9 Å². The van der Waals surface area contributed by atoms with E-state index < -0.39 is 11.7 Å². The Balaban J connectivity index is 1.23. The fourth-order valence-electron chi connectivity index (χ4n) is 4.18. The third kappa shape index (κ3) is 5.30. The van der Waals surface area contributed by atoms with Crippen molar-refractivity contribution in [3.05, 3.63) is 65.2 Å². The molecule has 4 aromatic rings. The average molecular weight is 530 g/mol. The Labute approximate surface area is 215 Å². The van der Waals surface area contributed by atoms with Crippen LogP contribution >= 0.6 is 11.3 Å². The van der Waals surface area contributed by atoms with Crippen LogP contribution in [0.2, 0.25) is 0 Å². The van der Waals surface area contributed by atoms with E-state index in [2.05, 4.69) is 48.9 Å². The Kier molecular flexibility index (Phi) is 6.63. The first-order valence-corrected chi connectivity index (χ1v) is 12.7. The van der Waals surface area contributed by atoms with E-state index in [1.54, 1.807) is 18.5 Å². The van der Waals surface area contributed by atoms with Gasteiger partial charge in [0.05, 0.1) is 35.7 Å². The summed E-state index contributed by atoms with van der Waals surface area (Å²) in [6, 6.07) is 6.97. The van der Waals surface area contributed by atoms with Crippen molar-refractivity contribution in [1.82, 2.24) is 29.7 Å². The van der Waals surface area contributed by atoms with E-state index in [1.807, 2.05) is 13.3 Å². The van der Waals surface area contributed by atoms with Crippen LogP contribution in [0.3, 0.4) is 0 Å². The Morgan fingerprint density at radius 2 is 1.81 bits per heavy atom. The minimum atomic E-state index is -4.38. The number of hydrogen-bond donors (Lipinski definition) is 2. The number of likely N-dealkylation sites (tertiary alicyclic amines) is 1. The zero-order valence-corrected chi connectivity index (χ0v) is 21.3. The molecule has 1 fully saturated rings. The fraction of sp³-hybridized carbons (Fsp3) is 0.360. The lowest BCUT2D eigenvalue weighted by Gasteiger charge is -2.42. The van der Waals surface area contributed by atoms with E-state index in [0.717, 1.165) is 41.1 Å². The van der Waals surface area contributed by atoms with Gasteiger partial charge in [-0.15, -0.1) is 0 Å². The molecule has 4 heterocycles. The molecule has 0 aliphatic carbocycles. The number of rotatable bonds is 7. The number of hydrogen-bond acceptors (Lipinski definition) is 7. The summed E-state index contributed by atoms with van der Waals surface area (Å²) in [4.78, 5) is 29.2. The first-order valence-electron chi connectivity index (χ1n) is 11.9. The van der Waals surface area contributed by atoms with E-state index in [0.29, 0.717) is 28.6 Å². The topological polar surface area (TPSA) is 88.0 Å². The van der Waals surface area contributed by atoms with Crippen LogP contribution < -0.4 is 10.6 Å². The zero-order valence-electron chi connectivity index (χ0n) is 20.5. The van der Waals surface area contributed by atoms with Gasteiger partial charge in [0, 0.05) is 35.9 Å². The van der Waals surface area contributed by atoms with Gasteiger partial charge < -0.3 is 15.2 Å². The van der Waals surface area contributed by atoms with Gasteiger partial charge >= 0.3 is 6.18 Å². The number of pyridine rings is 1. The number of nitrogens with one attached hydrogen (secondary N) is 2. The van der Waals surface area contributed by atoms with Crippen molar-refractivity contribution in [2.24, 2.45) is 0 Å². The number of benzene rings is 1. The minimum Gasteiger partial charge on any atom is -0.343 e. The molecule has 8 nitrogen and oxygen atoms in total. The van der Waals surface area contributed by atoms with Crippen molar-refractivity contribution in [2.45, 2.75) is 45.1 Å². The summed E-state index contributed by atoms with van der Waals surface area (Å²) in [5.41, 5.74) is 1.70. The molecule has 0 bridgehead atoms. The van der Waals surface area contributed by atoms with Crippen molar-refractivity contribution in [1.29, 1.82) is 0 Å². The molecule has 1 aliphatic heterocycles. The summed E-state index contributed by atoms with van der Waals surface area (Å²) in [6.45, 7) is 8.07. The SMILES string of the molecule is CC(C)N1CC(n2cnc3cnc(C(=O)N[C@H](C)c4cnc(Nc5ccc(C(F)(F)F)cc5)s4)cc32)C1. The van der Waals surface area contributed by atoms with Gasteiger partial charge in [0.2, 0.25) is 0 Å². The Morgan fingerprint density at radius 3 is 2.49 bits per heavy atom. The molecule has 0 saturated carbocycles. The number of imidazole rings is 1. The van der Waals surface area contributed by atoms with Gasteiger partial charge in [0.15, 0.2) is 5.13 Å². The summed E-state index contributed by atoms with van der Waals surface area (Å²) in [5.74, 6) is -0.315. The predicted octanol–water partition coefficient (Wildman–Crippen LogP) is 5.41. The Morgan fingerprint density at radius 1 is 1.08 bits per heavy atom. The molecule has 2 N–H and O–H groups in total. The molecular formula is C25H26F3N7OS. The number of anilines is 2. The first-order chi connectivity index (χ1) is 17.6. The first kappa shape index (κ1) is 25.2. The van der Waals surface area contributed by atoms with E-state index in [9.17, 15) is 18.0 Å². The van der Waals surface area contributed by atoms with Crippen molar-refractivity contribution >= 4 is 39.1 Å². The van der Waals surface area contributed by atoms with Crippen LogP contribution in [0.4, 0.5) is 24.0 Å². The third-order valence-electron chi connectivity index (χ3n) is 6.47. The number of carbonyl (C=O) groups is 1. The summed E-state index contributed by atoms with van der Waals surface area (Å²) in [5, 5.41) is 6.46. The predicted molar refractivity (Wildman–Crippen MR) is 136 cm³/mol. The maximum Gasteiger partial charge on any atom is 0.416 e. The normalized spacial score (nSPS) is 15.6. The molecule has 12 heteroatoms. The molecule has 0 unspecified atom stereocenters. The van der Waals surface area contributed by atoms with Crippen LogP contribution in [0.25, 0.3) is 11.0 Å². The van der Waals surface area contributed by atoms with Crippen LogP contribution in [-0.4, -0.2) is 49.5 Å². The van der Waals surface area contributed by atoms with Crippen molar-refractivity contribution in [2.75, 3.05) is 18.4 Å². The minimum absolute atomic E-state index is 0.300. The average Bonchev–Trinajstić information content (AvgIpc) is 3.45. The summed E-state index contributed by atoms with van der Waals surface area (Å²) in [7, 11) is 0. The molecule has 3 aromatic heterocycles. The van der Waals surface area contributed by atoms with Crippen LogP contribution in [0.5, 0.6) is 0 Å². The van der Waals surface area contributed by atoms with Crippen molar-refractivity contribution in [3.63, 3.8) is 0 Å². The highest BCUT2D eigenvalue weighted by Crippen LogP contribution is 2.32. The smallest absolute Gasteiger partial charge is 0.343 e. The van der Waals surface area contributed by atoms with Crippen LogP contribution in [-0.2, 0) is 6.18 Å². The molecule has 1 amide bonds. The Hall–Kier alpha value is -3.51. The van der Waals surface area contributed by atoms with E-state index >= 15 is 0 Å². The molecule has 5 rings (SSSR count). The van der Waals surface area contributed by atoms with Gasteiger partial charge in [-0.25, -0.2) is 15.0 Å². The second-order valence-corrected chi connectivity index (χ2v) is 10.4. The largest absolute Gasteiger partial charge is 0.416 e. The lowest BCUT2D eigenvalue weighted by molar-refractivity contribution is -0.137. The molecule has 1 aromatic carbocycles. The molecule has 0 spiro atoms. The summed E-state index contributed by atoms with van der Waals surface area (Å²) in [6.07, 6.45) is 0.668. The maximum absolute atomic E-state index is 13.0. The molecule has 1 saturated heterocycles. The number of thiazole rings is 1. The second-order valence-electron chi connectivity index (χ2n) is 9.37. The standard InChI is InChI=1S/C25H26F3N7OS/c1-14(2)34-11-18(12-34)35-13-31-20-9-29-19(8-21(20)35)23(36)32-15(3)22-10-30-24(37-22)33-17-6-4-16(5-7-17)25(26,27)28/h4-10,13-15,18H,11-12H2,1-3H3,(H,30,33)(H,32,36)/t15-/m1/s1. The number of amides is 1. The number of fused-ring (bicyclic) bond motifs is 1. The highest BCUT2D eigenvalue weighted by molar-refractivity contribution is 7.15. The van der Waals surface area contributed by atoms with Gasteiger partial charge in [-0.2, -0.15) is 13.2 Å². The quantitative estimate of drug-likeness (QED) is 0.333. The monoisotopic (exact) mass is 529 g/mol. The molecule has 0 radical (unpaired) electrons. The van der Waals surface area contributed by atoms with E-state index in [1.165, 1.54) is 23.5 Å². The van der Waals surface area contributed by atoms with Gasteiger partial charge in [0.1, 0.15) is 11.2 Å².